The molecule has 3 aromatic carbocycles. The minimum absolute atomic E-state index is 0. The molecule has 1 radical (unpaired) electrons. The van der Waals surface area contributed by atoms with Gasteiger partial charge in [0.05, 0.1) is 0 Å². The van der Waals surface area contributed by atoms with Gasteiger partial charge in [-0.05, 0) is 48.1 Å². The summed E-state index contributed by atoms with van der Waals surface area (Å²) >= 11 is 0.385. The molecule has 0 aliphatic rings. The molecule has 7 rings (SSSR count). The van der Waals surface area contributed by atoms with Gasteiger partial charge in [-0.3, -0.25) is 0 Å². The summed E-state index contributed by atoms with van der Waals surface area (Å²) in [5, 5.41) is 2.67. The summed E-state index contributed by atoms with van der Waals surface area (Å²) in [7, 11) is 0. The van der Waals surface area contributed by atoms with Crippen LogP contribution < -0.4 is 0 Å². The molecule has 5 heteroatoms. The van der Waals surface area contributed by atoms with Gasteiger partial charge in [0.1, 0.15) is 0 Å². The first kappa shape index (κ1) is 33.6. The summed E-state index contributed by atoms with van der Waals surface area (Å²) in [6, 6.07) is 33.5. The average molecular weight is 843 g/mol. The minimum atomic E-state index is 0. The summed E-state index contributed by atoms with van der Waals surface area (Å²) in [5.41, 5.74) is 11.8. The molecule has 0 unspecified atom stereocenters. The van der Waals surface area contributed by atoms with Crippen LogP contribution in [0.1, 0.15) is 43.0 Å². The predicted molar refractivity (Wildman–Crippen MR) is 190 cm³/mol. The molecule has 0 atom stereocenters. The van der Waals surface area contributed by atoms with Crippen molar-refractivity contribution in [2.24, 2.45) is 5.41 Å². The molecular formula is C41H37IrN3Se-2. The van der Waals surface area contributed by atoms with Gasteiger partial charge in [-0.1, -0.05) is 69.2 Å². The van der Waals surface area contributed by atoms with Gasteiger partial charge in [0.15, 0.2) is 0 Å². The SMILES string of the molecule is Cc1cnc(-c2[c-]cc(C)c(-c3ccc(CC(C)(C)C)cc3)c2)cc1C.[Ir].[c-]1ncccc1-c1cc2c(cn1)[se]c1ccccc12. The van der Waals surface area contributed by atoms with Crippen LogP contribution in [0.4, 0.5) is 0 Å². The molecule has 0 saturated carbocycles. The standard InChI is InChI=1S/C25H28N.C16H9N2Se.Ir/c1-17-7-10-22(24-13-18(2)19(3)16-26-24)14-23(17)21-11-8-20(9-12-21)15-25(4,5)6;1-2-6-15-12(5-1)13-8-14(18-10-16(13)19-15)11-4-3-7-17-9-11;/h7-9,11-14,16H,15H2,1-6H3;1-8,10H;/q2*-1;. The molecule has 7 aromatic rings. The molecule has 0 aliphatic carbocycles. The Morgan fingerprint density at radius 3 is 2.15 bits per heavy atom. The fraction of sp³-hybridized carbons (Fsp3) is 0.195. The summed E-state index contributed by atoms with van der Waals surface area (Å²) in [6.45, 7) is 13.2. The van der Waals surface area contributed by atoms with E-state index in [0.717, 1.165) is 28.9 Å². The fourth-order valence-electron chi connectivity index (χ4n) is 5.46. The number of pyridine rings is 3. The Morgan fingerprint density at radius 2 is 1.43 bits per heavy atom. The zero-order chi connectivity index (χ0) is 31.6. The third-order valence-corrected chi connectivity index (χ3v) is 10.3. The Kier molecular flexibility index (Phi) is 10.5. The van der Waals surface area contributed by atoms with Crippen LogP contribution in [0, 0.1) is 38.4 Å². The molecule has 0 bridgehead atoms. The fourth-order valence-corrected chi connectivity index (χ4v) is 7.67. The number of nitrogens with zero attached hydrogens (tertiary/aromatic N) is 3. The zero-order valence-electron chi connectivity index (χ0n) is 27.1. The first-order valence-corrected chi connectivity index (χ1v) is 17.0. The topological polar surface area (TPSA) is 38.7 Å². The van der Waals surface area contributed by atoms with Gasteiger partial charge in [-0.25, -0.2) is 0 Å². The van der Waals surface area contributed by atoms with Crippen molar-refractivity contribution in [3.63, 3.8) is 0 Å². The number of hydrogen-bond donors (Lipinski definition) is 0. The van der Waals surface area contributed by atoms with Crippen molar-refractivity contribution in [2.75, 3.05) is 0 Å². The second-order valence-electron chi connectivity index (χ2n) is 12.9. The Morgan fingerprint density at radius 1 is 0.696 bits per heavy atom. The molecule has 233 valence electrons. The molecule has 0 spiro atoms. The molecule has 46 heavy (non-hydrogen) atoms. The van der Waals surface area contributed by atoms with Crippen molar-refractivity contribution in [1.29, 1.82) is 0 Å². The third-order valence-electron chi connectivity index (χ3n) is 7.95. The maximum absolute atomic E-state index is 4.60. The van der Waals surface area contributed by atoms with Crippen LogP contribution in [0.2, 0.25) is 0 Å². The van der Waals surface area contributed by atoms with E-state index < -0.39 is 0 Å². The van der Waals surface area contributed by atoms with Gasteiger partial charge in [0.25, 0.3) is 0 Å². The van der Waals surface area contributed by atoms with Crippen LogP contribution in [-0.2, 0) is 26.5 Å². The van der Waals surface area contributed by atoms with E-state index in [0.29, 0.717) is 19.9 Å². The van der Waals surface area contributed by atoms with E-state index in [4.69, 9.17) is 0 Å². The summed E-state index contributed by atoms with van der Waals surface area (Å²) in [4.78, 5) is 13.2. The Balaban J connectivity index is 0.000000185. The van der Waals surface area contributed by atoms with E-state index in [1.807, 2.05) is 24.5 Å². The van der Waals surface area contributed by atoms with Crippen molar-refractivity contribution >= 4 is 33.8 Å². The normalized spacial score (nSPS) is 11.2. The average Bonchev–Trinajstić information content (AvgIpc) is 3.41. The van der Waals surface area contributed by atoms with Crippen molar-refractivity contribution in [2.45, 2.75) is 48.0 Å². The first-order chi connectivity index (χ1) is 21.6. The number of aryl methyl sites for hydroxylation is 3. The third kappa shape index (κ3) is 7.80. The molecule has 0 amide bonds. The zero-order valence-corrected chi connectivity index (χ0v) is 31.2. The van der Waals surface area contributed by atoms with E-state index in [1.165, 1.54) is 52.7 Å². The van der Waals surface area contributed by atoms with Gasteiger partial charge in [0.2, 0.25) is 0 Å². The number of aromatic nitrogens is 3. The van der Waals surface area contributed by atoms with E-state index in [9.17, 15) is 0 Å². The van der Waals surface area contributed by atoms with E-state index in [2.05, 4.69) is 142 Å². The number of hydrogen-bond acceptors (Lipinski definition) is 3. The van der Waals surface area contributed by atoms with Gasteiger partial charge in [0, 0.05) is 26.3 Å². The van der Waals surface area contributed by atoms with E-state index in [1.54, 1.807) is 6.20 Å². The Hall–Kier alpha value is -3.72. The van der Waals surface area contributed by atoms with Crippen LogP contribution in [0.25, 0.3) is 52.9 Å². The summed E-state index contributed by atoms with van der Waals surface area (Å²) in [6.07, 6.45) is 9.76. The number of benzene rings is 3. The van der Waals surface area contributed by atoms with Gasteiger partial charge >= 0.3 is 116 Å². The van der Waals surface area contributed by atoms with Crippen molar-refractivity contribution in [3.05, 3.63) is 138 Å². The van der Waals surface area contributed by atoms with Crippen molar-refractivity contribution in [1.82, 2.24) is 15.0 Å². The molecule has 0 fully saturated rings. The molecule has 0 aliphatic heterocycles. The maximum atomic E-state index is 4.60. The summed E-state index contributed by atoms with van der Waals surface area (Å²) < 4.78 is 2.81. The molecule has 0 N–H and O–H groups in total. The van der Waals surface area contributed by atoms with Crippen LogP contribution in [-0.4, -0.2) is 29.5 Å². The Bertz CT molecular complexity index is 2090. The van der Waals surface area contributed by atoms with E-state index in [-0.39, 0.29) is 20.1 Å². The van der Waals surface area contributed by atoms with Crippen molar-refractivity contribution < 1.29 is 20.1 Å². The van der Waals surface area contributed by atoms with Gasteiger partial charge in [-0.15, -0.1) is 29.3 Å². The number of fused-ring (bicyclic) bond motifs is 3. The van der Waals surface area contributed by atoms with E-state index >= 15 is 0 Å². The molecule has 4 heterocycles. The van der Waals surface area contributed by atoms with Crippen LogP contribution in [0.3, 0.4) is 0 Å². The Labute approximate surface area is 292 Å². The second-order valence-corrected chi connectivity index (χ2v) is 15.1. The molecule has 3 nitrogen and oxygen atoms in total. The van der Waals surface area contributed by atoms with Crippen molar-refractivity contribution in [3.8, 4) is 33.6 Å². The van der Waals surface area contributed by atoms with Crippen LogP contribution >= 0.6 is 0 Å². The van der Waals surface area contributed by atoms with Crippen LogP contribution in [0.15, 0.2) is 104 Å². The van der Waals surface area contributed by atoms with Gasteiger partial charge < -0.3 is 4.98 Å². The van der Waals surface area contributed by atoms with Crippen LogP contribution in [0.5, 0.6) is 0 Å². The quantitative estimate of drug-likeness (QED) is 0.131. The molecular weight excluding hydrogens is 806 g/mol. The molecule has 0 saturated heterocycles. The summed E-state index contributed by atoms with van der Waals surface area (Å²) in [5.74, 6) is 0. The van der Waals surface area contributed by atoms with Gasteiger partial charge in [-0.2, -0.15) is 0 Å². The monoisotopic (exact) mass is 844 g/mol. The number of rotatable bonds is 4. The predicted octanol–water partition coefficient (Wildman–Crippen LogP) is 10.0. The molecule has 4 aromatic heterocycles. The second kappa shape index (κ2) is 14.4. The first-order valence-electron chi connectivity index (χ1n) is 15.3.